The van der Waals surface area contributed by atoms with E-state index in [0.717, 1.165) is 19.4 Å². The van der Waals surface area contributed by atoms with Crippen LogP contribution in [0.1, 0.15) is 52.4 Å². The Kier molecular flexibility index (Phi) is 6.12. The van der Waals surface area contributed by atoms with Crippen LogP contribution in [0.15, 0.2) is 0 Å². The minimum absolute atomic E-state index is 0.0869. The molecule has 114 valence electrons. The van der Waals surface area contributed by atoms with Crippen molar-refractivity contribution in [2.24, 2.45) is 11.3 Å². The lowest BCUT2D eigenvalue weighted by molar-refractivity contribution is -0.182. The summed E-state index contributed by atoms with van der Waals surface area (Å²) in [6.07, 6.45) is -0.605. The van der Waals surface area contributed by atoms with Gasteiger partial charge in [-0.3, -0.25) is 0 Å². The minimum atomic E-state index is -4.02. The van der Waals surface area contributed by atoms with Crippen molar-refractivity contribution >= 4 is 0 Å². The van der Waals surface area contributed by atoms with E-state index >= 15 is 0 Å². The molecule has 0 aromatic carbocycles. The summed E-state index contributed by atoms with van der Waals surface area (Å²) in [6, 6.07) is 0.215. The first-order chi connectivity index (χ1) is 8.74. The normalized spacial score (nSPS) is 25.6. The quantitative estimate of drug-likeness (QED) is 0.781. The zero-order chi connectivity index (χ0) is 14.5. The van der Waals surface area contributed by atoms with Gasteiger partial charge in [0.05, 0.1) is 5.92 Å². The van der Waals surface area contributed by atoms with Crippen molar-refractivity contribution in [3.05, 3.63) is 0 Å². The SMILES string of the molecule is CC(C)(CCCO)CNC1CCC(C(F)(F)F)CC1. The van der Waals surface area contributed by atoms with Crippen LogP contribution in [0, 0.1) is 11.3 Å². The van der Waals surface area contributed by atoms with Gasteiger partial charge in [-0.05, 0) is 43.9 Å². The van der Waals surface area contributed by atoms with E-state index in [1.54, 1.807) is 0 Å². The van der Waals surface area contributed by atoms with Gasteiger partial charge in [-0.1, -0.05) is 13.8 Å². The van der Waals surface area contributed by atoms with Gasteiger partial charge in [0, 0.05) is 19.2 Å². The summed E-state index contributed by atoms with van der Waals surface area (Å²) in [5, 5.41) is 12.2. The van der Waals surface area contributed by atoms with Crippen LogP contribution >= 0.6 is 0 Å². The average Bonchev–Trinajstić information content (AvgIpc) is 2.34. The van der Waals surface area contributed by atoms with E-state index in [9.17, 15) is 13.2 Å². The molecule has 0 aromatic rings. The van der Waals surface area contributed by atoms with Crippen LogP contribution in [-0.2, 0) is 0 Å². The van der Waals surface area contributed by atoms with Crippen molar-refractivity contribution in [1.82, 2.24) is 5.32 Å². The van der Waals surface area contributed by atoms with Crippen molar-refractivity contribution in [3.63, 3.8) is 0 Å². The third-order valence-corrected chi connectivity index (χ3v) is 4.07. The van der Waals surface area contributed by atoms with Gasteiger partial charge in [-0.15, -0.1) is 0 Å². The highest BCUT2D eigenvalue weighted by Crippen LogP contribution is 2.37. The fourth-order valence-corrected chi connectivity index (χ4v) is 2.69. The molecule has 0 radical (unpaired) electrons. The van der Waals surface area contributed by atoms with Gasteiger partial charge < -0.3 is 10.4 Å². The molecular formula is C14H26F3NO. The Morgan fingerprint density at radius 3 is 2.16 bits per heavy atom. The highest BCUT2D eigenvalue weighted by atomic mass is 19.4. The predicted molar refractivity (Wildman–Crippen MR) is 69.9 cm³/mol. The van der Waals surface area contributed by atoms with Crippen LogP contribution in [0.5, 0.6) is 0 Å². The summed E-state index contributed by atoms with van der Waals surface area (Å²) in [6.45, 7) is 5.24. The van der Waals surface area contributed by atoms with Gasteiger partial charge in [0.1, 0.15) is 0 Å². The number of hydrogen-bond donors (Lipinski definition) is 2. The number of aliphatic hydroxyl groups excluding tert-OH is 1. The first kappa shape index (κ1) is 16.8. The second-order valence-electron chi connectivity index (χ2n) is 6.46. The lowest BCUT2D eigenvalue weighted by Crippen LogP contribution is -2.41. The van der Waals surface area contributed by atoms with Gasteiger partial charge in [0.2, 0.25) is 0 Å². The topological polar surface area (TPSA) is 32.3 Å². The first-order valence-corrected chi connectivity index (χ1v) is 7.15. The predicted octanol–water partition coefficient (Wildman–Crippen LogP) is 3.50. The van der Waals surface area contributed by atoms with E-state index in [2.05, 4.69) is 19.2 Å². The van der Waals surface area contributed by atoms with Crippen LogP contribution in [0.3, 0.4) is 0 Å². The lowest BCUT2D eigenvalue weighted by Gasteiger charge is -2.33. The van der Waals surface area contributed by atoms with E-state index in [1.165, 1.54) is 0 Å². The van der Waals surface area contributed by atoms with Gasteiger partial charge in [0.15, 0.2) is 0 Å². The Morgan fingerprint density at radius 1 is 1.11 bits per heavy atom. The number of nitrogens with one attached hydrogen (secondary N) is 1. The van der Waals surface area contributed by atoms with Crippen molar-refractivity contribution < 1.29 is 18.3 Å². The molecule has 19 heavy (non-hydrogen) atoms. The Labute approximate surface area is 113 Å². The maximum Gasteiger partial charge on any atom is 0.391 e. The van der Waals surface area contributed by atoms with Crippen LogP contribution in [0.4, 0.5) is 13.2 Å². The molecular weight excluding hydrogens is 255 g/mol. The van der Waals surface area contributed by atoms with Crippen molar-refractivity contribution in [3.8, 4) is 0 Å². The summed E-state index contributed by atoms with van der Waals surface area (Å²) in [7, 11) is 0. The number of hydrogen-bond acceptors (Lipinski definition) is 2. The largest absolute Gasteiger partial charge is 0.396 e. The highest BCUT2D eigenvalue weighted by Gasteiger charge is 2.41. The second-order valence-corrected chi connectivity index (χ2v) is 6.46. The smallest absolute Gasteiger partial charge is 0.391 e. The molecule has 0 unspecified atom stereocenters. The molecule has 2 N–H and O–H groups in total. The molecule has 2 nitrogen and oxygen atoms in total. The number of halogens is 3. The Bertz CT molecular complexity index is 258. The average molecular weight is 281 g/mol. The van der Waals surface area contributed by atoms with Crippen LogP contribution < -0.4 is 5.32 Å². The molecule has 0 bridgehead atoms. The molecule has 1 fully saturated rings. The van der Waals surface area contributed by atoms with E-state index in [0.29, 0.717) is 12.8 Å². The molecule has 0 atom stereocenters. The van der Waals surface area contributed by atoms with Crippen molar-refractivity contribution in [2.45, 2.75) is 64.6 Å². The lowest BCUT2D eigenvalue weighted by atomic mass is 9.84. The highest BCUT2D eigenvalue weighted by molar-refractivity contribution is 4.82. The fourth-order valence-electron chi connectivity index (χ4n) is 2.69. The number of rotatable bonds is 6. The standard InChI is InChI=1S/C14H26F3NO/c1-13(2,8-3-9-19)10-18-12-6-4-11(5-7-12)14(15,16)17/h11-12,18-19H,3-10H2,1-2H3. The second kappa shape index (κ2) is 6.93. The van der Waals surface area contributed by atoms with Gasteiger partial charge in [-0.2, -0.15) is 13.2 Å². The molecule has 0 amide bonds. The molecule has 1 aliphatic rings. The van der Waals surface area contributed by atoms with Gasteiger partial charge in [0.25, 0.3) is 0 Å². The fraction of sp³-hybridized carbons (Fsp3) is 1.00. The maximum atomic E-state index is 12.5. The van der Waals surface area contributed by atoms with Crippen LogP contribution in [0.25, 0.3) is 0 Å². The van der Waals surface area contributed by atoms with Crippen LogP contribution in [0.2, 0.25) is 0 Å². The van der Waals surface area contributed by atoms with Gasteiger partial charge >= 0.3 is 6.18 Å². The molecule has 5 heteroatoms. The molecule has 0 heterocycles. The summed E-state index contributed by atoms with van der Waals surface area (Å²) < 4.78 is 37.6. The summed E-state index contributed by atoms with van der Waals surface area (Å²) >= 11 is 0. The van der Waals surface area contributed by atoms with Crippen molar-refractivity contribution in [1.29, 1.82) is 0 Å². The Hall–Kier alpha value is -0.290. The molecule has 0 aromatic heterocycles. The number of alkyl halides is 3. The first-order valence-electron chi connectivity index (χ1n) is 7.15. The summed E-state index contributed by atoms with van der Waals surface area (Å²) in [5.41, 5.74) is 0.0869. The van der Waals surface area contributed by atoms with Gasteiger partial charge in [-0.25, -0.2) is 0 Å². The third-order valence-electron chi connectivity index (χ3n) is 4.07. The molecule has 1 rings (SSSR count). The molecule has 1 aliphatic carbocycles. The monoisotopic (exact) mass is 281 g/mol. The molecule has 0 saturated heterocycles. The molecule has 0 spiro atoms. The van der Waals surface area contributed by atoms with E-state index in [-0.39, 0.29) is 30.9 Å². The third kappa shape index (κ3) is 6.13. The molecule has 0 aliphatic heterocycles. The zero-order valence-electron chi connectivity index (χ0n) is 11.9. The van der Waals surface area contributed by atoms with Crippen molar-refractivity contribution in [2.75, 3.05) is 13.2 Å². The Balaban J connectivity index is 2.26. The summed E-state index contributed by atoms with van der Waals surface area (Å²) in [5.74, 6) is -1.10. The van der Waals surface area contributed by atoms with Crippen LogP contribution in [-0.4, -0.2) is 30.5 Å². The minimum Gasteiger partial charge on any atom is -0.396 e. The zero-order valence-corrected chi connectivity index (χ0v) is 11.9. The maximum absolute atomic E-state index is 12.5. The van der Waals surface area contributed by atoms with E-state index in [4.69, 9.17) is 5.11 Å². The molecule has 1 saturated carbocycles. The van der Waals surface area contributed by atoms with E-state index in [1.807, 2.05) is 0 Å². The Morgan fingerprint density at radius 2 is 1.68 bits per heavy atom. The number of aliphatic hydroxyl groups is 1. The van der Waals surface area contributed by atoms with E-state index < -0.39 is 12.1 Å². The summed E-state index contributed by atoms with van der Waals surface area (Å²) in [4.78, 5) is 0.